The molecule has 2 heterocycles. The van der Waals surface area contributed by atoms with E-state index in [1.54, 1.807) is 0 Å². The predicted octanol–water partition coefficient (Wildman–Crippen LogP) is -1.71. The van der Waals surface area contributed by atoms with Crippen molar-refractivity contribution >= 4 is 11.9 Å². The molecule has 2 fully saturated rings. The second-order valence-electron chi connectivity index (χ2n) is 4.29. The third kappa shape index (κ3) is 16.8. The number of carbonyl (C=O) groups is 2. The van der Waals surface area contributed by atoms with Crippen LogP contribution in [0.4, 0.5) is 0 Å². The Balaban J connectivity index is 0.000000274. The minimum absolute atomic E-state index is 0.296. The molecule has 0 atom stereocenters. The number of piperazine rings is 2. The standard InChI is InChI=1S/2C4H10N2.C4H6O4/c2*1-2-6-4-3-5-1;5-3(6)1-2-4(7)8/h2*5-6H,1-4H2;1-2H2,(H,5,6)(H,7,8). The molecule has 8 heteroatoms. The van der Waals surface area contributed by atoms with Crippen LogP contribution in [0.3, 0.4) is 0 Å². The van der Waals surface area contributed by atoms with Gasteiger partial charge in [0, 0.05) is 52.4 Å². The van der Waals surface area contributed by atoms with Crippen LogP contribution < -0.4 is 21.3 Å². The number of rotatable bonds is 3. The van der Waals surface area contributed by atoms with Gasteiger partial charge in [0.15, 0.2) is 0 Å². The van der Waals surface area contributed by atoms with Crippen molar-refractivity contribution in [2.75, 3.05) is 52.4 Å². The number of carboxylic acid groups (broad SMARTS) is 2. The summed E-state index contributed by atoms with van der Waals surface area (Å²) in [6, 6.07) is 0. The summed E-state index contributed by atoms with van der Waals surface area (Å²) in [7, 11) is 0. The first-order valence-electron chi connectivity index (χ1n) is 6.89. The summed E-state index contributed by atoms with van der Waals surface area (Å²) in [6.07, 6.45) is -0.593. The maximum Gasteiger partial charge on any atom is 0.303 e. The number of aliphatic carboxylic acids is 2. The first-order valence-corrected chi connectivity index (χ1v) is 6.89. The van der Waals surface area contributed by atoms with Crippen LogP contribution in [-0.2, 0) is 9.59 Å². The fourth-order valence-corrected chi connectivity index (χ4v) is 1.42. The maximum absolute atomic E-state index is 9.64. The molecule has 0 aromatic rings. The second kappa shape index (κ2) is 14.2. The Hall–Kier alpha value is -1.22. The maximum atomic E-state index is 9.64. The number of carboxylic acids is 2. The quantitative estimate of drug-likeness (QED) is 0.363. The van der Waals surface area contributed by atoms with Crippen LogP contribution in [0.15, 0.2) is 0 Å². The second-order valence-corrected chi connectivity index (χ2v) is 4.29. The van der Waals surface area contributed by atoms with Gasteiger partial charge in [0.25, 0.3) is 0 Å². The van der Waals surface area contributed by atoms with Crippen LogP contribution in [-0.4, -0.2) is 74.5 Å². The van der Waals surface area contributed by atoms with Crippen molar-refractivity contribution in [1.82, 2.24) is 21.3 Å². The lowest BCUT2D eigenvalue weighted by Gasteiger charge is -2.11. The Kier molecular flexibility index (Phi) is 13.3. The normalized spacial score (nSPS) is 17.8. The van der Waals surface area contributed by atoms with Gasteiger partial charge < -0.3 is 31.5 Å². The van der Waals surface area contributed by atoms with Gasteiger partial charge in [-0.25, -0.2) is 0 Å². The average molecular weight is 290 g/mol. The molecule has 0 spiro atoms. The van der Waals surface area contributed by atoms with E-state index in [0.29, 0.717) is 0 Å². The third-order valence-electron chi connectivity index (χ3n) is 2.47. The molecule has 0 aromatic carbocycles. The van der Waals surface area contributed by atoms with Gasteiger partial charge in [-0.2, -0.15) is 0 Å². The van der Waals surface area contributed by atoms with Crippen molar-refractivity contribution in [3.05, 3.63) is 0 Å². The van der Waals surface area contributed by atoms with E-state index < -0.39 is 11.9 Å². The Bertz CT molecular complexity index is 207. The smallest absolute Gasteiger partial charge is 0.303 e. The summed E-state index contributed by atoms with van der Waals surface area (Å²) in [5, 5.41) is 28.7. The third-order valence-corrected chi connectivity index (χ3v) is 2.47. The molecular formula is C12H26N4O4. The SMILES string of the molecule is C1CNCCN1.C1CNCCN1.O=C(O)CCC(=O)O. The van der Waals surface area contributed by atoms with Crippen molar-refractivity contribution in [1.29, 1.82) is 0 Å². The molecule has 20 heavy (non-hydrogen) atoms. The van der Waals surface area contributed by atoms with E-state index in [1.807, 2.05) is 0 Å². The van der Waals surface area contributed by atoms with Gasteiger partial charge in [0.05, 0.1) is 12.8 Å². The highest BCUT2D eigenvalue weighted by molar-refractivity contribution is 5.75. The molecule has 2 aliphatic rings. The van der Waals surface area contributed by atoms with Crippen LogP contribution in [0.25, 0.3) is 0 Å². The molecule has 0 unspecified atom stereocenters. The van der Waals surface area contributed by atoms with Gasteiger partial charge in [-0.3, -0.25) is 9.59 Å². The highest BCUT2D eigenvalue weighted by Crippen LogP contribution is 1.86. The fraction of sp³-hybridized carbons (Fsp3) is 0.833. The Labute approximate surface area is 119 Å². The Morgan fingerprint density at radius 2 is 0.800 bits per heavy atom. The van der Waals surface area contributed by atoms with Crippen LogP contribution in [0.2, 0.25) is 0 Å². The molecule has 6 N–H and O–H groups in total. The zero-order valence-corrected chi connectivity index (χ0v) is 11.8. The van der Waals surface area contributed by atoms with E-state index in [2.05, 4.69) is 21.3 Å². The van der Waals surface area contributed by atoms with Crippen LogP contribution >= 0.6 is 0 Å². The van der Waals surface area contributed by atoms with E-state index in [4.69, 9.17) is 10.2 Å². The number of hydrogen-bond donors (Lipinski definition) is 6. The molecular weight excluding hydrogens is 264 g/mol. The molecule has 118 valence electrons. The number of hydrogen-bond acceptors (Lipinski definition) is 6. The van der Waals surface area contributed by atoms with E-state index in [0.717, 1.165) is 52.4 Å². The van der Waals surface area contributed by atoms with E-state index in [1.165, 1.54) is 0 Å². The lowest BCUT2D eigenvalue weighted by atomic mass is 10.3. The average Bonchev–Trinajstić information content (AvgIpc) is 2.50. The molecule has 0 saturated carbocycles. The van der Waals surface area contributed by atoms with Gasteiger partial charge in [-0.1, -0.05) is 0 Å². The zero-order chi connectivity index (χ0) is 15.1. The fourth-order valence-electron chi connectivity index (χ4n) is 1.42. The monoisotopic (exact) mass is 290 g/mol. The Morgan fingerprint density at radius 3 is 0.900 bits per heavy atom. The Morgan fingerprint density at radius 1 is 0.600 bits per heavy atom. The molecule has 2 saturated heterocycles. The van der Waals surface area contributed by atoms with Gasteiger partial charge in [-0.05, 0) is 0 Å². The molecule has 2 aliphatic heterocycles. The highest BCUT2D eigenvalue weighted by Gasteiger charge is 2.00. The predicted molar refractivity (Wildman–Crippen MR) is 76.0 cm³/mol. The minimum atomic E-state index is -1.08. The van der Waals surface area contributed by atoms with E-state index in [9.17, 15) is 9.59 Å². The molecule has 0 aromatic heterocycles. The van der Waals surface area contributed by atoms with Crippen LogP contribution in [0, 0.1) is 0 Å². The summed E-state index contributed by atoms with van der Waals surface area (Å²) in [6.45, 7) is 9.11. The molecule has 8 nitrogen and oxygen atoms in total. The van der Waals surface area contributed by atoms with Crippen LogP contribution in [0.5, 0.6) is 0 Å². The summed E-state index contributed by atoms with van der Waals surface area (Å²) in [5.74, 6) is -2.15. The summed E-state index contributed by atoms with van der Waals surface area (Å²) >= 11 is 0. The minimum Gasteiger partial charge on any atom is -0.481 e. The highest BCUT2D eigenvalue weighted by atomic mass is 16.4. The zero-order valence-electron chi connectivity index (χ0n) is 11.8. The molecule has 2 rings (SSSR count). The van der Waals surface area contributed by atoms with Crippen LogP contribution in [0.1, 0.15) is 12.8 Å². The topological polar surface area (TPSA) is 123 Å². The van der Waals surface area contributed by atoms with Crippen molar-refractivity contribution < 1.29 is 19.8 Å². The van der Waals surface area contributed by atoms with Gasteiger partial charge >= 0.3 is 11.9 Å². The van der Waals surface area contributed by atoms with E-state index >= 15 is 0 Å². The summed E-state index contributed by atoms with van der Waals surface area (Å²) in [5.41, 5.74) is 0. The van der Waals surface area contributed by atoms with Gasteiger partial charge in [-0.15, -0.1) is 0 Å². The first kappa shape index (κ1) is 18.8. The van der Waals surface area contributed by atoms with Crippen molar-refractivity contribution in [3.8, 4) is 0 Å². The van der Waals surface area contributed by atoms with E-state index in [-0.39, 0.29) is 12.8 Å². The molecule has 0 bridgehead atoms. The first-order chi connectivity index (χ1) is 9.63. The van der Waals surface area contributed by atoms with Crippen molar-refractivity contribution in [2.24, 2.45) is 0 Å². The van der Waals surface area contributed by atoms with Gasteiger partial charge in [0.2, 0.25) is 0 Å². The lowest BCUT2D eigenvalue weighted by molar-refractivity contribution is -0.143. The summed E-state index contributed by atoms with van der Waals surface area (Å²) < 4.78 is 0. The molecule has 0 aliphatic carbocycles. The molecule has 0 amide bonds. The van der Waals surface area contributed by atoms with Gasteiger partial charge in [0.1, 0.15) is 0 Å². The van der Waals surface area contributed by atoms with Crippen molar-refractivity contribution in [3.63, 3.8) is 0 Å². The van der Waals surface area contributed by atoms with Crippen molar-refractivity contribution in [2.45, 2.75) is 12.8 Å². The lowest BCUT2D eigenvalue weighted by Crippen LogP contribution is -2.39. The largest absolute Gasteiger partial charge is 0.481 e. The summed E-state index contributed by atoms with van der Waals surface area (Å²) in [4.78, 5) is 19.3. The molecule has 0 radical (unpaired) electrons. The number of nitrogens with one attached hydrogen (secondary N) is 4.